The number of hydrogen-bond donors (Lipinski definition) is 2. The Balaban J connectivity index is 2.85. The van der Waals surface area contributed by atoms with Crippen LogP contribution in [0.25, 0.3) is 0 Å². The average Bonchev–Trinajstić information content (AvgIpc) is 2.24. The standard InChI is InChI=1S/C11H14N2O3S/c1-3-7-12-11(14)9-5-4-6-10(8-9)13-17(2,15)16/h3-6,8,13H,1,7H2,2H3,(H,12,14). The van der Waals surface area contributed by atoms with Gasteiger partial charge in [0.05, 0.1) is 6.26 Å². The first-order valence-corrected chi connectivity index (χ1v) is 6.78. The molecule has 1 rings (SSSR count). The van der Waals surface area contributed by atoms with Crippen molar-refractivity contribution in [3.8, 4) is 0 Å². The van der Waals surface area contributed by atoms with Gasteiger partial charge in [-0.25, -0.2) is 8.42 Å². The van der Waals surface area contributed by atoms with Crippen LogP contribution in [0.1, 0.15) is 10.4 Å². The molecule has 0 radical (unpaired) electrons. The maximum absolute atomic E-state index is 11.6. The monoisotopic (exact) mass is 254 g/mol. The maximum Gasteiger partial charge on any atom is 0.251 e. The van der Waals surface area contributed by atoms with Gasteiger partial charge in [-0.05, 0) is 18.2 Å². The molecule has 0 aliphatic rings. The molecule has 92 valence electrons. The van der Waals surface area contributed by atoms with Crippen molar-refractivity contribution in [3.63, 3.8) is 0 Å². The highest BCUT2D eigenvalue weighted by atomic mass is 32.2. The molecule has 0 aliphatic heterocycles. The molecule has 0 saturated heterocycles. The van der Waals surface area contributed by atoms with Crippen LogP contribution >= 0.6 is 0 Å². The predicted molar refractivity (Wildman–Crippen MR) is 67.4 cm³/mol. The Morgan fingerprint density at radius 3 is 2.76 bits per heavy atom. The highest BCUT2D eigenvalue weighted by Gasteiger charge is 2.07. The molecule has 0 fully saturated rings. The summed E-state index contributed by atoms with van der Waals surface area (Å²) in [6.45, 7) is 3.85. The first-order chi connectivity index (χ1) is 7.92. The zero-order valence-corrected chi connectivity index (χ0v) is 10.3. The molecular weight excluding hydrogens is 240 g/mol. The van der Waals surface area contributed by atoms with E-state index in [1.54, 1.807) is 24.3 Å². The number of nitrogens with one attached hydrogen (secondary N) is 2. The minimum atomic E-state index is -3.33. The number of anilines is 1. The number of amides is 1. The molecule has 0 heterocycles. The summed E-state index contributed by atoms with van der Waals surface area (Å²) in [7, 11) is -3.33. The maximum atomic E-state index is 11.6. The Kier molecular flexibility index (Phi) is 4.28. The van der Waals surface area contributed by atoms with Gasteiger partial charge in [-0.1, -0.05) is 12.1 Å². The largest absolute Gasteiger partial charge is 0.349 e. The van der Waals surface area contributed by atoms with Crippen molar-refractivity contribution in [2.45, 2.75) is 0 Å². The summed E-state index contributed by atoms with van der Waals surface area (Å²) in [4.78, 5) is 11.6. The second-order valence-corrected chi connectivity index (χ2v) is 5.20. The molecule has 17 heavy (non-hydrogen) atoms. The van der Waals surface area contributed by atoms with E-state index >= 15 is 0 Å². The zero-order chi connectivity index (χ0) is 12.9. The van der Waals surface area contributed by atoms with Gasteiger partial charge in [0.15, 0.2) is 0 Å². The van der Waals surface area contributed by atoms with Crippen LogP contribution in [-0.2, 0) is 10.0 Å². The van der Waals surface area contributed by atoms with E-state index in [2.05, 4.69) is 16.6 Å². The van der Waals surface area contributed by atoms with Crippen LogP contribution in [0.15, 0.2) is 36.9 Å². The predicted octanol–water partition coefficient (Wildman–Crippen LogP) is 0.974. The van der Waals surface area contributed by atoms with Gasteiger partial charge >= 0.3 is 0 Å². The van der Waals surface area contributed by atoms with Gasteiger partial charge in [0, 0.05) is 17.8 Å². The van der Waals surface area contributed by atoms with Gasteiger partial charge in [0.2, 0.25) is 10.0 Å². The molecule has 0 atom stereocenters. The summed E-state index contributed by atoms with van der Waals surface area (Å²) in [5.41, 5.74) is 0.749. The van der Waals surface area contributed by atoms with Crippen molar-refractivity contribution in [1.82, 2.24) is 5.32 Å². The molecule has 1 aromatic carbocycles. The van der Waals surface area contributed by atoms with Crippen molar-refractivity contribution < 1.29 is 13.2 Å². The molecule has 0 bridgehead atoms. The van der Waals surface area contributed by atoms with Gasteiger partial charge in [-0.15, -0.1) is 6.58 Å². The number of rotatable bonds is 5. The zero-order valence-electron chi connectivity index (χ0n) is 9.43. The first kappa shape index (κ1) is 13.2. The fraction of sp³-hybridized carbons (Fsp3) is 0.182. The van der Waals surface area contributed by atoms with Crippen molar-refractivity contribution in [2.75, 3.05) is 17.5 Å². The lowest BCUT2D eigenvalue weighted by molar-refractivity contribution is 0.0958. The summed E-state index contributed by atoms with van der Waals surface area (Å²) in [6, 6.07) is 6.26. The molecule has 0 aliphatic carbocycles. The van der Waals surface area contributed by atoms with Crippen LogP contribution < -0.4 is 10.0 Å². The lowest BCUT2D eigenvalue weighted by atomic mass is 10.2. The fourth-order valence-corrected chi connectivity index (χ4v) is 1.76. The van der Waals surface area contributed by atoms with Gasteiger partial charge in [0.25, 0.3) is 5.91 Å². The van der Waals surface area contributed by atoms with Crippen LogP contribution in [0.2, 0.25) is 0 Å². The molecule has 5 nitrogen and oxygen atoms in total. The van der Waals surface area contributed by atoms with Gasteiger partial charge in [0.1, 0.15) is 0 Å². The summed E-state index contributed by atoms with van der Waals surface area (Å²) in [5.74, 6) is -0.276. The van der Waals surface area contributed by atoms with Crippen LogP contribution in [0, 0.1) is 0 Å². The fourth-order valence-electron chi connectivity index (χ4n) is 1.20. The summed E-state index contributed by atoms with van der Waals surface area (Å²) in [5, 5.41) is 2.60. The lowest BCUT2D eigenvalue weighted by Crippen LogP contribution is -2.23. The van der Waals surface area contributed by atoms with Crippen LogP contribution in [0.5, 0.6) is 0 Å². The Morgan fingerprint density at radius 2 is 2.18 bits per heavy atom. The molecule has 1 aromatic rings. The minimum absolute atomic E-state index is 0.276. The van der Waals surface area contributed by atoms with Crippen molar-refractivity contribution in [2.24, 2.45) is 0 Å². The molecule has 0 spiro atoms. The number of sulfonamides is 1. The molecule has 1 amide bonds. The lowest BCUT2D eigenvalue weighted by Gasteiger charge is -2.06. The van der Waals surface area contributed by atoms with E-state index in [4.69, 9.17) is 0 Å². The Hall–Kier alpha value is -1.82. The SMILES string of the molecule is C=CCNC(=O)c1cccc(NS(C)(=O)=O)c1. The van der Waals surface area contributed by atoms with Crippen molar-refractivity contribution in [3.05, 3.63) is 42.5 Å². The first-order valence-electron chi connectivity index (χ1n) is 4.89. The van der Waals surface area contributed by atoms with E-state index in [0.717, 1.165) is 6.26 Å². The summed E-state index contributed by atoms with van der Waals surface area (Å²) >= 11 is 0. The van der Waals surface area contributed by atoms with Gasteiger partial charge in [-0.3, -0.25) is 9.52 Å². The van der Waals surface area contributed by atoms with Gasteiger partial charge in [-0.2, -0.15) is 0 Å². The molecule has 2 N–H and O–H groups in total. The topological polar surface area (TPSA) is 75.3 Å². The average molecular weight is 254 g/mol. The highest BCUT2D eigenvalue weighted by molar-refractivity contribution is 7.92. The van der Waals surface area contributed by atoms with Crippen LogP contribution in [0.4, 0.5) is 5.69 Å². The minimum Gasteiger partial charge on any atom is -0.349 e. The molecule has 0 aromatic heterocycles. The summed E-state index contributed by atoms with van der Waals surface area (Å²) < 4.78 is 24.4. The molecule has 0 saturated carbocycles. The molecule has 6 heteroatoms. The van der Waals surface area contributed by atoms with Crippen LogP contribution in [-0.4, -0.2) is 27.1 Å². The third kappa shape index (κ3) is 4.69. The van der Waals surface area contributed by atoms with E-state index in [1.165, 1.54) is 6.07 Å². The van der Waals surface area contributed by atoms with E-state index in [-0.39, 0.29) is 5.91 Å². The Morgan fingerprint density at radius 1 is 1.47 bits per heavy atom. The summed E-state index contributed by atoms with van der Waals surface area (Å²) in [6.07, 6.45) is 2.62. The van der Waals surface area contributed by atoms with Crippen LogP contribution in [0.3, 0.4) is 0 Å². The Labute approximate surface area is 101 Å². The number of hydrogen-bond acceptors (Lipinski definition) is 3. The van der Waals surface area contributed by atoms with Gasteiger partial charge < -0.3 is 5.32 Å². The smallest absolute Gasteiger partial charge is 0.251 e. The third-order valence-electron chi connectivity index (χ3n) is 1.83. The Bertz CT molecular complexity index is 523. The van der Waals surface area contributed by atoms with E-state index < -0.39 is 10.0 Å². The normalized spacial score (nSPS) is 10.6. The van der Waals surface area contributed by atoms with Crippen molar-refractivity contribution >= 4 is 21.6 Å². The second-order valence-electron chi connectivity index (χ2n) is 3.45. The third-order valence-corrected chi connectivity index (χ3v) is 2.44. The second kappa shape index (κ2) is 5.49. The number of carbonyl (C=O) groups is 1. The van der Waals surface area contributed by atoms with E-state index in [1.807, 2.05) is 0 Å². The van der Waals surface area contributed by atoms with E-state index in [9.17, 15) is 13.2 Å². The number of carbonyl (C=O) groups excluding carboxylic acids is 1. The molecule has 0 unspecified atom stereocenters. The quantitative estimate of drug-likeness (QED) is 0.769. The van der Waals surface area contributed by atoms with E-state index in [0.29, 0.717) is 17.8 Å². The number of benzene rings is 1. The highest BCUT2D eigenvalue weighted by Crippen LogP contribution is 2.11. The van der Waals surface area contributed by atoms with Crippen molar-refractivity contribution in [1.29, 1.82) is 0 Å². The molecular formula is C11H14N2O3S.